The Bertz CT molecular complexity index is 333. The van der Waals surface area contributed by atoms with E-state index in [-0.39, 0.29) is 0 Å². The number of hydrogen-bond donors (Lipinski definition) is 0. The molecule has 2 unspecified atom stereocenters. The molecule has 0 aromatic rings. The highest BCUT2D eigenvalue weighted by molar-refractivity contribution is 4.58. The molecule has 0 saturated carbocycles. The molecular formula is C33H68. The minimum absolute atomic E-state index is 0.937. The summed E-state index contributed by atoms with van der Waals surface area (Å²) in [5.41, 5.74) is 0. The first-order chi connectivity index (χ1) is 16.2. The van der Waals surface area contributed by atoms with E-state index in [2.05, 4.69) is 27.7 Å². The summed E-state index contributed by atoms with van der Waals surface area (Å²) in [4.78, 5) is 0. The van der Waals surface area contributed by atoms with Gasteiger partial charge < -0.3 is 0 Å². The largest absolute Gasteiger partial charge is 0.0654 e. The molecule has 0 aliphatic heterocycles. The van der Waals surface area contributed by atoms with Gasteiger partial charge in [0.05, 0.1) is 0 Å². The Balaban J connectivity index is 3.10. The van der Waals surface area contributed by atoms with E-state index in [0.29, 0.717) is 0 Å². The zero-order valence-corrected chi connectivity index (χ0v) is 24.2. The van der Waals surface area contributed by atoms with Gasteiger partial charge in [0, 0.05) is 0 Å². The molecule has 33 heavy (non-hydrogen) atoms. The predicted molar refractivity (Wildman–Crippen MR) is 154 cm³/mol. The summed E-state index contributed by atoms with van der Waals surface area (Å²) in [6, 6.07) is 0. The first-order valence-electron chi connectivity index (χ1n) is 16.2. The maximum Gasteiger partial charge on any atom is -0.0443 e. The highest BCUT2D eigenvalue weighted by atomic mass is 14.1. The van der Waals surface area contributed by atoms with Crippen LogP contribution in [0.1, 0.15) is 201 Å². The molecule has 0 saturated heterocycles. The van der Waals surface area contributed by atoms with Crippen molar-refractivity contribution in [1.29, 1.82) is 0 Å². The average molecular weight is 465 g/mol. The molecule has 0 bridgehead atoms. The van der Waals surface area contributed by atoms with Crippen LogP contribution in [0.5, 0.6) is 0 Å². The molecule has 200 valence electrons. The molecular weight excluding hydrogens is 396 g/mol. The van der Waals surface area contributed by atoms with Crippen LogP contribution in [0.2, 0.25) is 0 Å². The SMILES string of the molecule is CCCCCCCCCCCCCCCCCCCCCCCCC(C)CCCC(C)CC. The molecule has 0 heteroatoms. The molecule has 0 aromatic heterocycles. The molecule has 0 aliphatic carbocycles. The number of rotatable bonds is 28. The lowest BCUT2D eigenvalue weighted by molar-refractivity contribution is 0.405. The van der Waals surface area contributed by atoms with Gasteiger partial charge in [-0.05, 0) is 11.8 Å². The van der Waals surface area contributed by atoms with Crippen LogP contribution in [0.4, 0.5) is 0 Å². The molecule has 0 aromatic carbocycles. The van der Waals surface area contributed by atoms with E-state index in [1.54, 1.807) is 0 Å². The van der Waals surface area contributed by atoms with Crippen molar-refractivity contribution in [1.82, 2.24) is 0 Å². The molecule has 0 rings (SSSR count). The van der Waals surface area contributed by atoms with Gasteiger partial charge in [-0.2, -0.15) is 0 Å². The highest BCUT2D eigenvalue weighted by Crippen LogP contribution is 2.20. The van der Waals surface area contributed by atoms with Gasteiger partial charge in [0.2, 0.25) is 0 Å². The van der Waals surface area contributed by atoms with Crippen LogP contribution in [0, 0.1) is 11.8 Å². The fraction of sp³-hybridized carbons (Fsp3) is 1.00. The van der Waals surface area contributed by atoms with E-state index < -0.39 is 0 Å². The Labute approximate surface area is 212 Å². The van der Waals surface area contributed by atoms with Gasteiger partial charge in [-0.25, -0.2) is 0 Å². The summed E-state index contributed by atoms with van der Waals surface area (Å²) in [6.45, 7) is 9.52. The minimum Gasteiger partial charge on any atom is -0.0654 e. The topological polar surface area (TPSA) is 0 Å². The normalized spacial score (nSPS) is 13.5. The molecule has 0 spiro atoms. The van der Waals surface area contributed by atoms with Gasteiger partial charge in [0.15, 0.2) is 0 Å². The summed E-state index contributed by atoms with van der Waals surface area (Å²) in [5.74, 6) is 1.89. The van der Waals surface area contributed by atoms with E-state index in [1.807, 2.05) is 0 Å². The standard InChI is InChI=1S/C33H68/c1-5-7-8-9-10-11-12-13-14-15-16-17-18-19-20-21-22-23-24-25-26-27-29-33(4)31-28-30-32(3)6-2/h32-33H,5-31H2,1-4H3. The van der Waals surface area contributed by atoms with Crippen LogP contribution < -0.4 is 0 Å². The maximum absolute atomic E-state index is 2.48. The van der Waals surface area contributed by atoms with Crippen molar-refractivity contribution in [3.05, 3.63) is 0 Å². The molecule has 2 atom stereocenters. The number of unbranched alkanes of at least 4 members (excludes halogenated alkanes) is 21. The van der Waals surface area contributed by atoms with Crippen molar-refractivity contribution in [3.63, 3.8) is 0 Å². The van der Waals surface area contributed by atoms with Crippen molar-refractivity contribution in [2.75, 3.05) is 0 Å². The van der Waals surface area contributed by atoms with Crippen molar-refractivity contribution >= 4 is 0 Å². The monoisotopic (exact) mass is 465 g/mol. The van der Waals surface area contributed by atoms with E-state index in [9.17, 15) is 0 Å². The van der Waals surface area contributed by atoms with Gasteiger partial charge in [0.25, 0.3) is 0 Å². The quantitative estimate of drug-likeness (QED) is 0.101. The van der Waals surface area contributed by atoms with E-state index in [1.165, 1.54) is 173 Å². The van der Waals surface area contributed by atoms with Gasteiger partial charge in [0.1, 0.15) is 0 Å². The van der Waals surface area contributed by atoms with Crippen LogP contribution in [-0.4, -0.2) is 0 Å². The third-order valence-electron chi connectivity index (χ3n) is 8.14. The molecule has 0 aliphatic rings. The molecule has 0 N–H and O–H groups in total. The van der Waals surface area contributed by atoms with Gasteiger partial charge in [-0.3, -0.25) is 0 Å². The third kappa shape index (κ3) is 28.1. The Kier molecular flexibility index (Phi) is 28.2. The average Bonchev–Trinajstić information content (AvgIpc) is 2.82. The third-order valence-corrected chi connectivity index (χ3v) is 8.14. The fourth-order valence-corrected chi connectivity index (χ4v) is 5.26. The highest BCUT2D eigenvalue weighted by Gasteiger charge is 2.04. The molecule has 0 fully saturated rings. The lowest BCUT2D eigenvalue weighted by Gasteiger charge is -2.13. The van der Waals surface area contributed by atoms with E-state index in [4.69, 9.17) is 0 Å². The summed E-state index contributed by atoms with van der Waals surface area (Å²) < 4.78 is 0. The van der Waals surface area contributed by atoms with Gasteiger partial charge in [-0.15, -0.1) is 0 Å². The Morgan fingerprint density at radius 3 is 0.909 bits per heavy atom. The summed E-state index contributed by atoms with van der Waals surface area (Å²) in [5, 5.41) is 0. The van der Waals surface area contributed by atoms with Gasteiger partial charge in [-0.1, -0.05) is 201 Å². The smallest absolute Gasteiger partial charge is 0.0443 e. The molecule has 0 heterocycles. The van der Waals surface area contributed by atoms with Crippen molar-refractivity contribution in [2.24, 2.45) is 11.8 Å². The molecule has 0 radical (unpaired) electrons. The minimum atomic E-state index is 0.937. The second-order valence-corrected chi connectivity index (χ2v) is 11.8. The lowest BCUT2D eigenvalue weighted by atomic mass is 9.93. The van der Waals surface area contributed by atoms with Crippen LogP contribution in [0.15, 0.2) is 0 Å². The van der Waals surface area contributed by atoms with Crippen LogP contribution in [0.3, 0.4) is 0 Å². The second-order valence-electron chi connectivity index (χ2n) is 11.8. The summed E-state index contributed by atoms with van der Waals surface area (Å²) >= 11 is 0. The van der Waals surface area contributed by atoms with E-state index in [0.717, 1.165) is 11.8 Å². The summed E-state index contributed by atoms with van der Waals surface area (Å²) in [7, 11) is 0. The Morgan fingerprint density at radius 2 is 0.576 bits per heavy atom. The first-order valence-corrected chi connectivity index (χ1v) is 16.2. The van der Waals surface area contributed by atoms with E-state index >= 15 is 0 Å². The Morgan fingerprint density at radius 1 is 0.303 bits per heavy atom. The van der Waals surface area contributed by atoms with Crippen molar-refractivity contribution in [3.8, 4) is 0 Å². The zero-order valence-electron chi connectivity index (χ0n) is 24.2. The second kappa shape index (κ2) is 28.2. The van der Waals surface area contributed by atoms with Crippen LogP contribution >= 0.6 is 0 Å². The van der Waals surface area contributed by atoms with Crippen molar-refractivity contribution in [2.45, 2.75) is 201 Å². The first kappa shape index (κ1) is 33.0. The fourth-order valence-electron chi connectivity index (χ4n) is 5.26. The molecule has 0 amide bonds. The lowest BCUT2D eigenvalue weighted by Crippen LogP contribution is -1.98. The maximum atomic E-state index is 2.48. The van der Waals surface area contributed by atoms with Crippen LogP contribution in [0.25, 0.3) is 0 Å². The van der Waals surface area contributed by atoms with Crippen molar-refractivity contribution < 1.29 is 0 Å². The summed E-state index contributed by atoms with van der Waals surface area (Å²) in [6.07, 6.45) is 39.8. The molecule has 0 nitrogen and oxygen atoms in total. The number of hydrogen-bond acceptors (Lipinski definition) is 0. The van der Waals surface area contributed by atoms with Gasteiger partial charge >= 0.3 is 0 Å². The van der Waals surface area contributed by atoms with Crippen LogP contribution in [-0.2, 0) is 0 Å². The zero-order chi connectivity index (χ0) is 24.2. The predicted octanol–water partition coefficient (Wildman–Crippen LogP) is 12.8. The Hall–Kier alpha value is 0.